The Morgan fingerprint density at radius 1 is 1.24 bits per heavy atom. The first-order valence-corrected chi connectivity index (χ1v) is 8.77. The fraction of sp³-hybridized carbons (Fsp3) is 0.333. The monoisotopic (exact) mass is 398 g/mol. The summed E-state index contributed by atoms with van der Waals surface area (Å²) < 4.78 is 8.04. The lowest BCUT2D eigenvalue weighted by Gasteiger charge is -2.16. The average Bonchev–Trinajstić information content (AvgIpc) is 3.29. The number of aliphatic hydroxyl groups excluding tert-OH is 3. The Hall–Kier alpha value is -3.30. The molecule has 29 heavy (non-hydrogen) atoms. The zero-order valence-electron chi connectivity index (χ0n) is 15.1. The first-order chi connectivity index (χ1) is 14.0. The number of hydrogen-bond acceptors (Lipinski definition) is 9. The van der Waals surface area contributed by atoms with Gasteiger partial charge in [-0.25, -0.2) is 9.97 Å². The van der Waals surface area contributed by atoms with Gasteiger partial charge in [-0.2, -0.15) is 9.99 Å². The van der Waals surface area contributed by atoms with Crippen molar-refractivity contribution >= 4 is 11.2 Å². The fourth-order valence-electron chi connectivity index (χ4n) is 3.19. The van der Waals surface area contributed by atoms with Crippen molar-refractivity contribution in [3.05, 3.63) is 53.5 Å². The number of benzene rings is 1. The summed E-state index contributed by atoms with van der Waals surface area (Å²) in [6.45, 7) is -0.325. The summed E-state index contributed by atoms with van der Waals surface area (Å²) in [5.74, 6) is 0. The largest absolute Gasteiger partial charge is 0.406 e. The van der Waals surface area contributed by atoms with Crippen LogP contribution in [0.3, 0.4) is 0 Å². The van der Waals surface area contributed by atoms with Crippen molar-refractivity contribution in [1.29, 1.82) is 10.7 Å². The summed E-state index contributed by atoms with van der Waals surface area (Å²) in [6.07, 6.45) is -1.82. The van der Waals surface area contributed by atoms with Crippen molar-refractivity contribution in [3.8, 4) is 6.07 Å². The minimum atomic E-state index is -1.28. The van der Waals surface area contributed by atoms with Crippen LogP contribution < -0.4 is 10.3 Å². The molecule has 4 N–H and O–H groups in total. The zero-order valence-corrected chi connectivity index (χ0v) is 15.1. The Morgan fingerprint density at radius 3 is 2.79 bits per heavy atom. The topological polar surface area (TPSA) is 162 Å². The normalized spacial score (nSPS) is 23.9. The van der Waals surface area contributed by atoms with E-state index in [2.05, 4.69) is 16.0 Å². The fourth-order valence-corrected chi connectivity index (χ4v) is 3.19. The SMILES string of the molecule is N#Cc1cccc(COn2cnc3c(ncn3[C@@H]3O[C@H](CO)[C@@H](O)[C@H]3O)c2=N)c1. The van der Waals surface area contributed by atoms with Crippen LogP contribution in [0.25, 0.3) is 11.2 Å². The van der Waals surface area contributed by atoms with Gasteiger partial charge >= 0.3 is 0 Å². The molecule has 0 radical (unpaired) electrons. The average molecular weight is 398 g/mol. The molecule has 11 nitrogen and oxygen atoms in total. The molecule has 11 heteroatoms. The van der Waals surface area contributed by atoms with Crippen LogP contribution in [-0.2, 0) is 11.3 Å². The van der Waals surface area contributed by atoms with E-state index in [-0.39, 0.29) is 23.3 Å². The summed E-state index contributed by atoms with van der Waals surface area (Å²) in [4.78, 5) is 14.0. The van der Waals surface area contributed by atoms with E-state index in [1.54, 1.807) is 24.3 Å². The third kappa shape index (κ3) is 3.34. The van der Waals surface area contributed by atoms with Gasteiger partial charge in [0.25, 0.3) is 0 Å². The molecular formula is C18H18N6O5. The Morgan fingerprint density at radius 2 is 2.07 bits per heavy atom. The van der Waals surface area contributed by atoms with Crippen molar-refractivity contribution in [2.24, 2.45) is 0 Å². The Balaban J connectivity index is 1.59. The van der Waals surface area contributed by atoms with Gasteiger partial charge < -0.3 is 24.9 Å². The number of imidazole rings is 1. The van der Waals surface area contributed by atoms with Crippen LogP contribution in [0.4, 0.5) is 0 Å². The van der Waals surface area contributed by atoms with Gasteiger partial charge in [0.1, 0.15) is 31.2 Å². The lowest BCUT2D eigenvalue weighted by molar-refractivity contribution is -0.0511. The van der Waals surface area contributed by atoms with E-state index < -0.39 is 31.1 Å². The predicted molar refractivity (Wildman–Crippen MR) is 95.8 cm³/mol. The van der Waals surface area contributed by atoms with Gasteiger partial charge in [-0.3, -0.25) is 9.98 Å². The summed E-state index contributed by atoms with van der Waals surface area (Å²) in [7, 11) is 0. The summed E-state index contributed by atoms with van der Waals surface area (Å²) in [5, 5.41) is 46.7. The van der Waals surface area contributed by atoms with E-state index in [0.29, 0.717) is 5.56 Å². The van der Waals surface area contributed by atoms with Crippen LogP contribution in [0.1, 0.15) is 17.4 Å². The maximum atomic E-state index is 10.2. The predicted octanol–water partition coefficient (Wildman–Crippen LogP) is -1.18. The van der Waals surface area contributed by atoms with E-state index in [0.717, 1.165) is 10.3 Å². The first kappa shape index (κ1) is 19.0. The zero-order chi connectivity index (χ0) is 20.5. The first-order valence-electron chi connectivity index (χ1n) is 8.77. The molecule has 0 aliphatic carbocycles. The second-order valence-electron chi connectivity index (χ2n) is 6.56. The number of aliphatic hydroxyl groups is 3. The van der Waals surface area contributed by atoms with Crippen LogP contribution in [-0.4, -0.2) is 59.5 Å². The molecule has 1 aliphatic heterocycles. The van der Waals surface area contributed by atoms with E-state index in [9.17, 15) is 15.3 Å². The van der Waals surface area contributed by atoms with Gasteiger partial charge in [0.15, 0.2) is 22.9 Å². The smallest absolute Gasteiger partial charge is 0.192 e. The van der Waals surface area contributed by atoms with Crippen LogP contribution >= 0.6 is 0 Å². The van der Waals surface area contributed by atoms with Crippen molar-refractivity contribution in [1.82, 2.24) is 19.3 Å². The highest BCUT2D eigenvalue weighted by Crippen LogP contribution is 2.30. The number of nitriles is 1. The van der Waals surface area contributed by atoms with E-state index in [1.807, 2.05) is 0 Å². The molecule has 2 aromatic heterocycles. The Bertz CT molecular complexity index is 1140. The molecule has 0 unspecified atom stereocenters. The molecule has 0 saturated carbocycles. The number of hydrogen-bond donors (Lipinski definition) is 4. The van der Waals surface area contributed by atoms with Crippen molar-refractivity contribution in [2.75, 3.05) is 6.61 Å². The Kier molecular flexibility index (Phi) is 4.99. The van der Waals surface area contributed by atoms with Crippen molar-refractivity contribution in [3.63, 3.8) is 0 Å². The number of aromatic nitrogens is 4. The number of nitrogens with one attached hydrogen (secondary N) is 1. The standard InChI is InChI=1S/C18H18N6O5/c19-5-10-2-1-3-11(4-10)7-28-24-9-22-17-13(16(24)20)21-8-23(17)18-15(27)14(26)12(6-25)29-18/h1-4,8-9,12,14-15,18,20,25-27H,6-7H2/t12-,14-,15-,18-/m1/s1. The van der Waals surface area contributed by atoms with Gasteiger partial charge in [-0.05, 0) is 17.7 Å². The van der Waals surface area contributed by atoms with Crippen LogP contribution in [0.5, 0.6) is 0 Å². The lowest BCUT2D eigenvalue weighted by Crippen LogP contribution is -2.33. The third-order valence-electron chi connectivity index (χ3n) is 4.71. The molecular weight excluding hydrogens is 380 g/mol. The van der Waals surface area contributed by atoms with Gasteiger partial charge in [0.05, 0.1) is 24.6 Å². The van der Waals surface area contributed by atoms with Gasteiger partial charge in [0.2, 0.25) is 0 Å². The highest BCUT2D eigenvalue weighted by atomic mass is 16.7. The molecule has 3 heterocycles. The Labute approximate surface area is 164 Å². The highest BCUT2D eigenvalue weighted by Gasteiger charge is 2.44. The second-order valence-corrected chi connectivity index (χ2v) is 6.56. The third-order valence-corrected chi connectivity index (χ3v) is 4.71. The molecule has 0 amide bonds. The minimum absolute atomic E-state index is 0.0723. The van der Waals surface area contributed by atoms with Crippen LogP contribution in [0.15, 0.2) is 36.9 Å². The molecule has 1 aliphatic rings. The number of ether oxygens (including phenoxy) is 1. The summed E-state index contributed by atoms with van der Waals surface area (Å²) >= 11 is 0. The second kappa shape index (κ2) is 7.61. The maximum absolute atomic E-state index is 10.2. The van der Waals surface area contributed by atoms with Crippen LogP contribution in [0.2, 0.25) is 0 Å². The molecule has 1 aromatic carbocycles. The van der Waals surface area contributed by atoms with E-state index in [4.69, 9.17) is 20.2 Å². The molecule has 0 bridgehead atoms. The number of nitrogens with zero attached hydrogens (tertiary/aromatic N) is 5. The summed E-state index contributed by atoms with van der Waals surface area (Å²) in [6, 6.07) is 8.97. The van der Waals surface area contributed by atoms with Crippen molar-refractivity contribution < 1.29 is 24.9 Å². The summed E-state index contributed by atoms with van der Waals surface area (Å²) in [5.41, 5.74) is 1.66. The molecule has 1 saturated heterocycles. The molecule has 150 valence electrons. The molecule has 4 rings (SSSR count). The molecule has 0 spiro atoms. The molecule has 1 fully saturated rings. The minimum Gasteiger partial charge on any atom is -0.406 e. The van der Waals surface area contributed by atoms with Crippen LogP contribution in [0, 0.1) is 16.7 Å². The number of rotatable bonds is 5. The van der Waals surface area contributed by atoms with E-state index >= 15 is 0 Å². The molecule has 3 aromatic rings. The van der Waals surface area contributed by atoms with Crippen molar-refractivity contribution in [2.45, 2.75) is 31.1 Å². The van der Waals surface area contributed by atoms with Gasteiger partial charge in [-0.15, -0.1) is 0 Å². The highest BCUT2D eigenvalue weighted by molar-refractivity contribution is 5.68. The van der Waals surface area contributed by atoms with E-state index in [1.165, 1.54) is 17.2 Å². The number of fused-ring (bicyclic) bond motifs is 1. The van der Waals surface area contributed by atoms with Gasteiger partial charge in [0, 0.05) is 0 Å². The lowest BCUT2D eigenvalue weighted by atomic mass is 10.1. The van der Waals surface area contributed by atoms with Gasteiger partial charge in [-0.1, -0.05) is 12.1 Å². The molecule has 4 atom stereocenters. The quantitative estimate of drug-likeness (QED) is 0.417. The maximum Gasteiger partial charge on any atom is 0.192 e.